The van der Waals surface area contributed by atoms with Crippen molar-refractivity contribution in [2.24, 2.45) is 0 Å². The molecule has 0 aliphatic carbocycles. The van der Waals surface area contributed by atoms with Gasteiger partial charge < -0.3 is 0 Å². The van der Waals surface area contributed by atoms with Gasteiger partial charge in [0.2, 0.25) is 0 Å². The molecule has 2 bridgehead atoms. The molecule has 3 atom stereocenters. The Kier molecular flexibility index (Phi) is 7.67. The standard InChI is InChI=1S/C26H41NO4SeSi/c1-18(31-33(8,9)26(5,6)7)23-21-16-15-19(27(21)24(28)29-25(2,3)4)17-22(23)32-30-20-13-11-10-12-14-20/h10-14,19,21-22H,15-17H2,1-9H3/b23-18+/t19-,21+,22?/m1/s1. The number of allylic oxidation sites excluding steroid dienone is 1. The van der Waals surface area contributed by atoms with Crippen molar-refractivity contribution in [3.8, 4) is 5.75 Å². The summed E-state index contributed by atoms with van der Waals surface area (Å²) in [5, 5.41) is 0.105. The van der Waals surface area contributed by atoms with Crippen LogP contribution in [0.2, 0.25) is 22.9 Å². The van der Waals surface area contributed by atoms with E-state index in [1.807, 2.05) is 56.0 Å². The van der Waals surface area contributed by atoms with Crippen LogP contribution in [0.1, 0.15) is 67.7 Å². The number of rotatable bonds is 5. The van der Waals surface area contributed by atoms with Crippen molar-refractivity contribution in [3.05, 3.63) is 41.7 Å². The van der Waals surface area contributed by atoms with Crippen molar-refractivity contribution in [1.82, 2.24) is 4.90 Å². The zero-order chi connectivity index (χ0) is 24.6. The number of para-hydroxylation sites is 1. The van der Waals surface area contributed by atoms with Crippen molar-refractivity contribution in [3.63, 3.8) is 0 Å². The van der Waals surface area contributed by atoms with Gasteiger partial charge in [-0.2, -0.15) is 0 Å². The Balaban J connectivity index is 1.93. The van der Waals surface area contributed by atoms with E-state index in [-0.39, 0.29) is 43.3 Å². The molecule has 2 aliphatic rings. The number of carbonyl (C=O) groups excluding carboxylic acids is 1. The number of piperidine rings is 1. The Morgan fingerprint density at radius 2 is 1.70 bits per heavy atom. The average Bonchev–Trinajstić information content (AvgIpc) is 2.98. The fraction of sp³-hybridized carbons (Fsp3) is 0.654. The molecule has 0 radical (unpaired) electrons. The van der Waals surface area contributed by atoms with Crippen LogP contribution in [0.15, 0.2) is 41.7 Å². The average molecular weight is 539 g/mol. The number of carbonyl (C=O) groups is 1. The molecule has 184 valence electrons. The van der Waals surface area contributed by atoms with Crippen molar-refractivity contribution in [1.29, 1.82) is 0 Å². The molecule has 3 rings (SSSR count). The predicted molar refractivity (Wildman–Crippen MR) is 137 cm³/mol. The minimum atomic E-state index is -2.01. The molecule has 2 aliphatic heterocycles. The normalized spacial score (nSPS) is 25.0. The number of ether oxygens (including phenoxy) is 1. The fourth-order valence-electron chi connectivity index (χ4n) is 4.34. The van der Waals surface area contributed by atoms with Crippen LogP contribution in [0.5, 0.6) is 5.75 Å². The van der Waals surface area contributed by atoms with Gasteiger partial charge >= 0.3 is 208 Å². The van der Waals surface area contributed by atoms with Gasteiger partial charge in [0.1, 0.15) is 0 Å². The third kappa shape index (κ3) is 6.17. The molecule has 0 N–H and O–H groups in total. The summed E-state index contributed by atoms with van der Waals surface area (Å²) < 4.78 is 18.9. The molecule has 1 aromatic rings. The molecule has 1 unspecified atom stereocenters. The first kappa shape index (κ1) is 26.2. The Labute approximate surface area is 207 Å². The molecule has 2 saturated heterocycles. The summed E-state index contributed by atoms with van der Waals surface area (Å²) in [7, 11) is -2.01. The minimum absolute atomic E-state index is 0.0228. The summed E-state index contributed by atoms with van der Waals surface area (Å²) in [5.74, 6) is 1.89. The van der Waals surface area contributed by atoms with E-state index >= 15 is 0 Å². The van der Waals surface area contributed by atoms with E-state index in [1.54, 1.807) is 0 Å². The molecule has 2 heterocycles. The van der Waals surface area contributed by atoms with Crippen LogP contribution in [0.25, 0.3) is 0 Å². The van der Waals surface area contributed by atoms with Crippen molar-refractivity contribution in [2.75, 3.05) is 0 Å². The van der Waals surface area contributed by atoms with E-state index in [4.69, 9.17) is 13.0 Å². The summed E-state index contributed by atoms with van der Waals surface area (Å²) in [6, 6.07) is 10.2. The van der Waals surface area contributed by atoms with Crippen LogP contribution < -0.4 is 3.82 Å². The molecule has 0 spiro atoms. The van der Waals surface area contributed by atoms with Crippen LogP contribution >= 0.6 is 0 Å². The third-order valence-electron chi connectivity index (χ3n) is 6.92. The van der Waals surface area contributed by atoms with Crippen LogP contribution in [0.4, 0.5) is 4.79 Å². The topological polar surface area (TPSA) is 48.0 Å². The van der Waals surface area contributed by atoms with Crippen LogP contribution in [0, 0.1) is 0 Å². The van der Waals surface area contributed by atoms with Crippen molar-refractivity contribution in [2.45, 2.75) is 108 Å². The summed E-state index contributed by atoms with van der Waals surface area (Å²) in [4.78, 5) is 15.5. The molecule has 1 aromatic carbocycles. The Morgan fingerprint density at radius 3 is 2.27 bits per heavy atom. The second-order valence-corrected chi connectivity index (χ2v) is 18.4. The summed E-state index contributed by atoms with van der Waals surface area (Å²) in [5.41, 5.74) is 0.736. The van der Waals surface area contributed by atoms with Crippen molar-refractivity contribution < 1.29 is 17.8 Å². The molecular formula is C26H41NO4SeSi. The van der Waals surface area contributed by atoms with E-state index < -0.39 is 13.9 Å². The number of hydrogen-bond donors (Lipinski definition) is 0. The molecule has 0 saturated carbocycles. The Morgan fingerprint density at radius 1 is 1.06 bits per heavy atom. The van der Waals surface area contributed by atoms with E-state index in [1.165, 1.54) is 5.57 Å². The number of fused-ring (bicyclic) bond motifs is 2. The van der Waals surface area contributed by atoms with Crippen LogP contribution in [-0.2, 0) is 9.16 Å². The van der Waals surface area contributed by atoms with Gasteiger partial charge in [-0.3, -0.25) is 0 Å². The van der Waals surface area contributed by atoms with Crippen LogP contribution in [-0.4, -0.2) is 52.3 Å². The molecule has 7 heteroatoms. The fourth-order valence-corrected chi connectivity index (χ4v) is 7.76. The first-order valence-corrected chi connectivity index (χ1v) is 16.6. The first-order chi connectivity index (χ1) is 15.2. The quantitative estimate of drug-likeness (QED) is 0.301. The summed E-state index contributed by atoms with van der Waals surface area (Å²) in [6.45, 7) is 19.2. The van der Waals surface area contributed by atoms with E-state index in [2.05, 4.69) is 40.8 Å². The SMILES string of the molecule is C/C(O[Si](C)(C)C(C)(C)C)=C1\C([Se]Oc2ccccc2)C[C@H]2CC[C@@H]1N2C(=O)OC(C)(C)C. The van der Waals surface area contributed by atoms with Gasteiger partial charge in [0, 0.05) is 0 Å². The second kappa shape index (κ2) is 9.67. The van der Waals surface area contributed by atoms with Crippen molar-refractivity contribution >= 4 is 29.7 Å². The molecule has 1 amide bonds. The number of benzene rings is 1. The molecule has 33 heavy (non-hydrogen) atoms. The van der Waals surface area contributed by atoms with E-state index in [0.29, 0.717) is 0 Å². The van der Waals surface area contributed by atoms with Gasteiger partial charge in [-0.15, -0.1) is 0 Å². The number of hydrogen-bond acceptors (Lipinski definition) is 4. The monoisotopic (exact) mass is 539 g/mol. The predicted octanol–water partition coefficient (Wildman–Crippen LogP) is 6.94. The van der Waals surface area contributed by atoms with Gasteiger partial charge in [0.15, 0.2) is 0 Å². The number of nitrogens with zero attached hydrogens (tertiary/aromatic N) is 1. The van der Waals surface area contributed by atoms with Gasteiger partial charge in [0.25, 0.3) is 0 Å². The Hall–Kier alpha value is -1.43. The summed E-state index contributed by atoms with van der Waals surface area (Å²) >= 11 is -0.0877. The van der Waals surface area contributed by atoms with Gasteiger partial charge in [-0.25, -0.2) is 0 Å². The second-order valence-electron chi connectivity index (χ2n) is 11.7. The van der Waals surface area contributed by atoms with Crippen LogP contribution in [0.3, 0.4) is 0 Å². The zero-order valence-corrected chi connectivity index (χ0v) is 24.4. The zero-order valence-electron chi connectivity index (χ0n) is 21.7. The molecule has 5 nitrogen and oxygen atoms in total. The Bertz CT molecular complexity index is 873. The molecular weight excluding hydrogens is 497 g/mol. The van der Waals surface area contributed by atoms with Gasteiger partial charge in [0.05, 0.1) is 0 Å². The maximum absolute atomic E-state index is 13.2. The summed E-state index contributed by atoms with van der Waals surface area (Å²) in [6.07, 6.45) is 2.65. The van der Waals surface area contributed by atoms with Gasteiger partial charge in [-0.1, -0.05) is 0 Å². The van der Waals surface area contributed by atoms with E-state index in [0.717, 1.165) is 30.8 Å². The maximum atomic E-state index is 13.2. The third-order valence-corrected chi connectivity index (χ3v) is 13.4. The van der Waals surface area contributed by atoms with Gasteiger partial charge in [-0.05, 0) is 0 Å². The molecule has 2 fully saturated rings. The first-order valence-electron chi connectivity index (χ1n) is 12.0. The number of amides is 1. The van der Waals surface area contributed by atoms with E-state index in [9.17, 15) is 4.79 Å². The molecule has 0 aromatic heterocycles.